The minimum atomic E-state index is -5.02. The van der Waals surface area contributed by atoms with Crippen LogP contribution in [0.5, 0.6) is 0 Å². The smallest absolute Gasteiger partial charge is 0.416 e. The van der Waals surface area contributed by atoms with Crippen molar-refractivity contribution in [2.75, 3.05) is 18.4 Å². The predicted octanol–water partition coefficient (Wildman–Crippen LogP) is 4.67. The van der Waals surface area contributed by atoms with Crippen molar-refractivity contribution in [3.8, 4) is 6.07 Å². The van der Waals surface area contributed by atoms with Gasteiger partial charge in [0.05, 0.1) is 36.5 Å². The Labute approximate surface area is 161 Å². The van der Waals surface area contributed by atoms with Crippen molar-refractivity contribution in [1.82, 2.24) is 4.90 Å². The molecule has 0 unspecified atom stereocenters. The van der Waals surface area contributed by atoms with Gasteiger partial charge < -0.3 is 9.73 Å². The first-order chi connectivity index (χ1) is 13.5. The highest BCUT2D eigenvalue weighted by molar-refractivity contribution is 5.92. The van der Waals surface area contributed by atoms with Crippen LogP contribution in [0.2, 0.25) is 0 Å². The summed E-state index contributed by atoms with van der Waals surface area (Å²) in [5.74, 6) is -0.351. The van der Waals surface area contributed by atoms with Gasteiger partial charge in [-0.25, -0.2) is 0 Å². The molecule has 1 N–H and O–H groups in total. The number of hydrogen-bond donors (Lipinski definition) is 1. The van der Waals surface area contributed by atoms with Crippen LogP contribution >= 0.6 is 0 Å². The monoisotopic (exact) mass is 419 g/mol. The summed E-state index contributed by atoms with van der Waals surface area (Å²) in [6.45, 7) is -0.0700. The molecule has 2 rings (SSSR count). The van der Waals surface area contributed by atoms with Gasteiger partial charge in [-0.05, 0) is 30.3 Å². The first-order valence-electron chi connectivity index (χ1n) is 8.20. The van der Waals surface area contributed by atoms with Gasteiger partial charge in [-0.1, -0.05) is 0 Å². The fraction of sp³-hybridized carbons (Fsp3) is 0.333. The molecule has 29 heavy (non-hydrogen) atoms. The fourth-order valence-electron chi connectivity index (χ4n) is 2.48. The molecule has 0 aliphatic rings. The third-order valence-electron chi connectivity index (χ3n) is 3.74. The van der Waals surface area contributed by atoms with Crippen LogP contribution in [0.3, 0.4) is 0 Å². The van der Waals surface area contributed by atoms with Crippen molar-refractivity contribution in [3.63, 3.8) is 0 Å². The summed E-state index contributed by atoms with van der Waals surface area (Å²) in [5.41, 5.74) is -3.69. The molecule has 156 valence electrons. The molecule has 0 saturated carbocycles. The van der Waals surface area contributed by atoms with Crippen molar-refractivity contribution in [2.24, 2.45) is 0 Å². The van der Waals surface area contributed by atoms with E-state index in [2.05, 4.69) is 5.32 Å². The zero-order valence-electron chi connectivity index (χ0n) is 14.8. The van der Waals surface area contributed by atoms with Gasteiger partial charge in [0.15, 0.2) is 0 Å². The van der Waals surface area contributed by atoms with Crippen LogP contribution in [0.1, 0.15) is 23.3 Å². The lowest BCUT2D eigenvalue weighted by atomic mass is 10.1. The van der Waals surface area contributed by atoms with E-state index < -0.39 is 35.1 Å². The minimum Gasteiger partial charge on any atom is -0.468 e. The van der Waals surface area contributed by atoms with E-state index in [0.29, 0.717) is 17.9 Å². The number of nitrogens with one attached hydrogen (secondary N) is 1. The Balaban J connectivity index is 2.18. The zero-order valence-corrected chi connectivity index (χ0v) is 14.8. The molecule has 0 spiro atoms. The average Bonchev–Trinajstić information content (AvgIpc) is 3.10. The summed E-state index contributed by atoms with van der Waals surface area (Å²) in [5, 5.41) is 10.8. The second kappa shape index (κ2) is 9.00. The number of hydrogen-bond acceptors (Lipinski definition) is 4. The maximum absolute atomic E-state index is 12.9. The number of carbonyl (C=O) groups excluding carboxylic acids is 1. The molecule has 11 heteroatoms. The van der Waals surface area contributed by atoms with Gasteiger partial charge in [0.2, 0.25) is 5.91 Å². The standard InChI is InChI=1S/C18H15F6N3O2/c19-17(20,21)12-7-13(18(22,23)24)9-14(8-12)26-16(28)11-27(5-2-4-25)10-15-3-1-6-29-15/h1,3,6-9H,2,5,10-11H2,(H,26,28). The average molecular weight is 419 g/mol. The highest BCUT2D eigenvalue weighted by atomic mass is 19.4. The van der Waals surface area contributed by atoms with E-state index in [1.165, 1.54) is 11.2 Å². The van der Waals surface area contributed by atoms with Crippen LogP contribution in [-0.2, 0) is 23.7 Å². The van der Waals surface area contributed by atoms with Crippen LogP contribution < -0.4 is 5.32 Å². The Bertz CT molecular complexity index is 837. The molecule has 1 heterocycles. The molecular formula is C18H15F6N3O2. The number of furan rings is 1. The van der Waals surface area contributed by atoms with Gasteiger partial charge in [0, 0.05) is 18.7 Å². The van der Waals surface area contributed by atoms with E-state index >= 15 is 0 Å². The first-order valence-corrected chi connectivity index (χ1v) is 8.20. The number of halogens is 6. The van der Waals surface area contributed by atoms with Gasteiger partial charge in [0.25, 0.3) is 0 Å². The van der Waals surface area contributed by atoms with E-state index in [4.69, 9.17) is 9.68 Å². The van der Waals surface area contributed by atoms with Gasteiger partial charge in [0.1, 0.15) is 5.76 Å². The lowest BCUT2D eigenvalue weighted by Crippen LogP contribution is -2.33. The lowest BCUT2D eigenvalue weighted by molar-refractivity contribution is -0.143. The topological polar surface area (TPSA) is 69.3 Å². The van der Waals surface area contributed by atoms with Crippen molar-refractivity contribution in [2.45, 2.75) is 25.3 Å². The molecule has 0 atom stereocenters. The molecular weight excluding hydrogens is 404 g/mol. The maximum Gasteiger partial charge on any atom is 0.416 e. The molecule has 0 fully saturated rings. The Morgan fingerprint density at radius 1 is 1.10 bits per heavy atom. The highest BCUT2D eigenvalue weighted by Gasteiger charge is 2.37. The van der Waals surface area contributed by atoms with Crippen molar-refractivity contribution >= 4 is 11.6 Å². The van der Waals surface area contributed by atoms with Gasteiger partial charge in [-0.15, -0.1) is 0 Å². The number of alkyl halides is 6. The Morgan fingerprint density at radius 2 is 1.72 bits per heavy atom. The third-order valence-corrected chi connectivity index (χ3v) is 3.74. The van der Waals surface area contributed by atoms with Crippen molar-refractivity contribution in [1.29, 1.82) is 5.26 Å². The van der Waals surface area contributed by atoms with Crippen molar-refractivity contribution < 1.29 is 35.6 Å². The number of nitriles is 1. The summed E-state index contributed by atoms with van der Waals surface area (Å²) in [7, 11) is 0. The molecule has 0 aliphatic heterocycles. The summed E-state index contributed by atoms with van der Waals surface area (Å²) < 4.78 is 82.6. The van der Waals surface area contributed by atoms with Crippen LogP contribution in [0.25, 0.3) is 0 Å². The molecule has 2 aromatic rings. The summed E-state index contributed by atoms with van der Waals surface area (Å²) >= 11 is 0. The molecule has 0 bridgehead atoms. The van der Waals surface area contributed by atoms with Crippen LogP contribution in [0.15, 0.2) is 41.0 Å². The van der Waals surface area contributed by atoms with Gasteiger partial charge >= 0.3 is 12.4 Å². The third kappa shape index (κ3) is 6.83. The largest absolute Gasteiger partial charge is 0.468 e. The maximum atomic E-state index is 12.9. The number of amides is 1. The fourth-order valence-corrected chi connectivity index (χ4v) is 2.48. The van der Waals surface area contributed by atoms with Crippen molar-refractivity contribution in [3.05, 3.63) is 53.5 Å². The van der Waals surface area contributed by atoms with Gasteiger partial charge in [-0.2, -0.15) is 31.6 Å². The highest BCUT2D eigenvalue weighted by Crippen LogP contribution is 2.37. The first kappa shape index (κ1) is 22.3. The van der Waals surface area contributed by atoms with E-state index in [1.807, 2.05) is 6.07 Å². The molecule has 1 aromatic heterocycles. The molecule has 0 aliphatic carbocycles. The van der Waals surface area contributed by atoms with E-state index in [-0.39, 0.29) is 32.1 Å². The second-order valence-electron chi connectivity index (χ2n) is 6.04. The van der Waals surface area contributed by atoms with Gasteiger partial charge in [-0.3, -0.25) is 9.69 Å². The SMILES string of the molecule is N#CCCN(CC(=O)Nc1cc(C(F)(F)F)cc(C(F)(F)F)c1)Cc1ccco1. The van der Waals surface area contributed by atoms with Crippen LogP contribution in [0, 0.1) is 11.3 Å². The van der Waals surface area contributed by atoms with E-state index in [1.54, 1.807) is 12.1 Å². The zero-order chi connectivity index (χ0) is 21.7. The van der Waals surface area contributed by atoms with E-state index in [0.717, 1.165) is 0 Å². The summed E-state index contributed by atoms with van der Waals surface area (Å²) in [4.78, 5) is 13.7. The van der Waals surface area contributed by atoms with Crippen LogP contribution in [-0.4, -0.2) is 23.9 Å². The number of rotatable bonds is 7. The Hall–Kier alpha value is -3.00. The number of anilines is 1. The number of carbonyl (C=O) groups is 1. The number of benzene rings is 1. The molecule has 0 saturated heterocycles. The minimum absolute atomic E-state index is 0.0220. The Kier molecular flexibility index (Phi) is 6.92. The number of nitrogens with zero attached hydrogens (tertiary/aromatic N) is 2. The molecule has 1 aromatic carbocycles. The summed E-state index contributed by atoms with van der Waals surface area (Å²) in [6.07, 6.45) is -8.56. The quantitative estimate of drug-likeness (QED) is 0.663. The lowest BCUT2D eigenvalue weighted by Gasteiger charge is -2.20. The van der Waals surface area contributed by atoms with Crippen LogP contribution in [0.4, 0.5) is 32.0 Å². The Morgan fingerprint density at radius 3 is 2.21 bits per heavy atom. The second-order valence-corrected chi connectivity index (χ2v) is 6.04. The molecule has 0 radical (unpaired) electrons. The van der Waals surface area contributed by atoms with E-state index in [9.17, 15) is 31.1 Å². The molecule has 5 nitrogen and oxygen atoms in total. The molecule has 1 amide bonds. The predicted molar refractivity (Wildman–Crippen MR) is 89.3 cm³/mol. The summed E-state index contributed by atoms with van der Waals surface area (Å²) in [6, 6.07) is 5.97. The normalized spacial score (nSPS) is 12.1.